The lowest BCUT2D eigenvalue weighted by Gasteiger charge is -2.25. The molecule has 0 fully saturated rings. The molecule has 0 N–H and O–H groups in total. The maximum atomic E-state index is 13.2. The van der Waals surface area contributed by atoms with Crippen LogP contribution >= 0.6 is 27.5 Å². The topological polar surface area (TPSA) is 26.3 Å². The number of ketones is 1. The van der Waals surface area contributed by atoms with E-state index in [9.17, 15) is 9.18 Å². The van der Waals surface area contributed by atoms with Gasteiger partial charge >= 0.3 is 0 Å². The van der Waals surface area contributed by atoms with Gasteiger partial charge in [-0.3, -0.25) is 4.79 Å². The molecule has 102 valence electrons. The highest BCUT2D eigenvalue weighted by atomic mass is 79.9. The summed E-state index contributed by atoms with van der Waals surface area (Å²) in [7, 11) is 0. The molecule has 20 heavy (non-hydrogen) atoms. The van der Waals surface area contributed by atoms with E-state index in [0.717, 1.165) is 10.0 Å². The molecule has 2 aromatic rings. The highest BCUT2D eigenvalue weighted by Crippen LogP contribution is 2.36. The minimum Gasteiger partial charge on any atom is -0.484 e. The molecule has 1 aliphatic rings. The van der Waals surface area contributed by atoms with Crippen molar-refractivity contribution in [3.8, 4) is 5.75 Å². The molecule has 2 nitrogen and oxygen atoms in total. The second kappa shape index (κ2) is 5.19. The second-order valence-electron chi connectivity index (χ2n) is 4.55. The van der Waals surface area contributed by atoms with Crippen molar-refractivity contribution in [3.05, 3.63) is 62.8 Å². The van der Waals surface area contributed by atoms with Gasteiger partial charge < -0.3 is 4.74 Å². The van der Waals surface area contributed by atoms with Crippen molar-refractivity contribution in [1.82, 2.24) is 0 Å². The fraction of sp³-hybridized carbons (Fsp3) is 0.133. The second-order valence-corrected chi connectivity index (χ2v) is 5.81. The summed E-state index contributed by atoms with van der Waals surface area (Å²) in [5.74, 6) is -0.202. The summed E-state index contributed by atoms with van der Waals surface area (Å²) in [6.07, 6.45) is -0.223. The Morgan fingerprint density at radius 1 is 1.25 bits per heavy atom. The van der Waals surface area contributed by atoms with Crippen LogP contribution in [0.3, 0.4) is 0 Å². The number of hydrogen-bond donors (Lipinski definition) is 0. The number of benzene rings is 2. The Hall–Kier alpha value is -1.39. The molecular weight excluding hydrogens is 347 g/mol. The van der Waals surface area contributed by atoms with Gasteiger partial charge in [-0.2, -0.15) is 0 Å². The van der Waals surface area contributed by atoms with Crippen LogP contribution in [0.1, 0.15) is 28.4 Å². The first kappa shape index (κ1) is 13.6. The Morgan fingerprint density at radius 3 is 2.80 bits per heavy atom. The summed E-state index contributed by atoms with van der Waals surface area (Å²) in [6.45, 7) is 0. The molecule has 0 saturated carbocycles. The van der Waals surface area contributed by atoms with Crippen LogP contribution in [0.5, 0.6) is 5.75 Å². The molecule has 0 aliphatic carbocycles. The molecule has 0 spiro atoms. The van der Waals surface area contributed by atoms with Gasteiger partial charge in [0.2, 0.25) is 0 Å². The van der Waals surface area contributed by atoms with E-state index in [0.29, 0.717) is 10.6 Å². The van der Waals surface area contributed by atoms with Gasteiger partial charge in [0.1, 0.15) is 17.7 Å². The third kappa shape index (κ3) is 2.45. The Morgan fingerprint density at radius 2 is 2.05 bits per heavy atom. The molecule has 1 unspecified atom stereocenters. The zero-order chi connectivity index (χ0) is 14.3. The largest absolute Gasteiger partial charge is 0.484 e. The molecule has 1 aliphatic heterocycles. The minimum absolute atomic E-state index is 0.0599. The van der Waals surface area contributed by atoms with E-state index in [1.807, 2.05) is 6.07 Å². The van der Waals surface area contributed by atoms with Crippen LogP contribution < -0.4 is 4.74 Å². The predicted octanol–water partition coefficient (Wildman–Crippen LogP) is 4.95. The number of rotatable bonds is 1. The highest BCUT2D eigenvalue weighted by Gasteiger charge is 2.28. The van der Waals surface area contributed by atoms with Crippen LogP contribution in [0, 0.1) is 5.82 Å². The highest BCUT2D eigenvalue weighted by molar-refractivity contribution is 9.10. The zero-order valence-corrected chi connectivity index (χ0v) is 12.5. The smallest absolute Gasteiger partial charge is 0.170 e. The Labute approximate surface area is 128 Å². The van der Waals surface area contributed by atoms with Crippen LogP contribution in [0.25, 0.3) is 0 Å². The Balaban J connectivity index is 1.98. The molecule has 0 amide bonds. The minimum atomic E-state index is -0.442. The monoisotopic (exact) mass is 354 g/mol. The van der Waals surface area contributed by atoms with Gasteiger partial charge in [0.15, 0.2) is 5.78 Å². The van der Waals surface area contributed by atoms with Crippen molar-refractivity contribution in [1.29, 1.82) is 0 Å². The first-order valence-electron chi connectivity index (χ1n) is 5.99. The van der Waals surface area contributed by atoms with Crippen molar-refractivity contribution in [3.63, 3.8) is 0 Å². The van der Waals surface area contributed by atoms with E-state index in [1.165, 1.54) is 18.2 Å². The van der Waals surface area contributed by atoms with Gasteiger partial charge in [0.25, 0.3) is 0 Å². The quantitative estimate of drug-likeness (QED) is 0.723. The number of carbonyl (C=O) groups excluding carboxylic acids is 1. The van der Waals surface area contributed by atoms with Crippen molar-refractivity contribution in [2.75, 3.05) is 0 Å². The molecular formula is C15H9BrClFO2. The number of carbonyl (C=O) groups is 1. The molecule has 2 aromatic carbocycles. The van der Waals surface area contributed by atoms with Crippen molar-refractivity contribution in [2.24, 2.45) is 0 Å². The summed E-state index contributed by atoms with van der Waals surface area (Å²) >= 11 is 9.36. The Kier molecular flexibility index (Phi) is 3.52. The molecule has 5 heteroatoms. The van der Waals surface area contributed by atoms with Crippen molar-refractivity contribution >= 4 is 33.3 Å². The zero-order valence-electron chi connectivity index (χ0n) is 10.2. The number of halogens is 3. The Bertz CT molecular complexity index is 702. The van der Waals surface area contributed by atoms with Gasteiger partial charge in [-0.25, -0.2) is 4.39 Å². The lowest BCUT2D eigenvalue weighted by atomic mass is 9.96. The first-order chi connectivity index (χ1) is 9.54. The van der Waals surface area contributed by atoms with E-state index in [4.69, 9.17) is 16.3 Å². The van der Waals surface area contributed by atoms with Crippen LogP contribution in [0.15, 0.2) is 40.9 Å². The van der Waals surface area contributed by atoms with Gasteiger partial charge in [0.05, 0.1) is 17.0 Å². The van der Waals surface area contributed by atoms with E-state index in [-0.39, 0.29) is 18.0 Å². The van der Waals surface area contributed by atoms with Crippen LogP contribution in [0.2, 0.25) is 5.02 Å². The molecule has 1 atom stereocenters. The van der Waals surface area contributed by atoms with Crippen molar-refractivity contribution < 1.29 is 13.9 Å². The summed E-state index contributed by atoms with van der Waals surface area (Å²) in [5.41, 5.74) is 1.22. The fourth-order valence-corrected chi connectivity index (χ4v) is 2.63. The predicted molar refractivity (Wildman–Crippen MR) is 77.9 cm³/mol. The summed E-state index contributed by atoms with van der Waals surface area (Å²) < 4.78 is 19.8. The summed E-state index contributed by atoms with van der Waals surface area (Å²) in [6, 6.07) is 9.33. The molecule has 1 heterocycles. The first-order valence-corrected chi connectivity index (χ1v) is 7.16. The van der Waals surface area contributed by atoms with Gasteiger partial charge in [-0.15, -0.1) is 0 Å². The van der Waals surface area contributed by atoms with Gasteiger partial charge in [-0.05, 0) is 45.8 Å². The number of fused-ring (bicyclic) bond motifs is 1. The third-order valence-electron chi connectivity index (χ3n) is 3.20. The fourth-order valence-electron chi connectivity index (χ4n) is 2.20. The molecule has 0 radical (unpaired) electrons. The molecule has 0 bridgehead atoms. The van der Waals surface area contributed by atoms with Crippen molar-refractivity contribution in [2.45, 2.75) is 12.5 Å². The lowest BCUT2D eigenvalue weighted by molar-refractivity contribution is 0.0849. The molecule has 0 aromatic heterocycles. The number of ether oxygens (including phenoxy) is 1. The molecule has 0 saturated heterocycles. The van der Waals surface area contributed by atoms with Crippen LogP contribution in [-0.2, 0) is 0 Å². The third-order valence-corrected chi connectivity index (χ3v) is 4.43. The maximum absolute atomic E-state index is 13.2. The van der Waals surface area contributed by atoms with Crippen LogP contribution in [-0.4, -0.2) is 5.78 Å². The SMILES string of the molecule is O=C1CC(c2ccc(Br)c(Cl)c2)Oc2cc(F)ccc21. The normalized spacial score (nSPS) is 17.6. The summed E-state index contributed by atoms with van der Waals surface area (Å²) in [5, 5.41) is 0.545. The number of Topliss-reactive ketones (excluding diaryl/α,β-unsaturated/α-hetero) is 1. The number of hydrogen-bond acceptors (Lipinski definition) is 2. The van der Waals surface area contributed by atoms with E-state index in [1.54, 1.807) is 12.1 Å². The van der Waals surface area contributed by atoms with Gasteiger partial charge in [0, 0.05) is 10.5 Å². The average Bonchev–Trinajstić information content (AvgIpc) is 2.41. The maximum Gasteiger partial charge on any atom is 0.170 e. The summed E-state index contributed by atoms with van der Waals surface area (Å²) in [4.78, 5) is 12.1. The molecule has 3 rings (SSSR count). The standard InChI is InChI=1S/C15H9BrClFO2/c16-11-4-1-8(5-12(11)17)14-7-13(19)10-3-2-9(18)6-15(10)20-14/h1-6,14H,7H2. The average molecular weight is 356 g/mol. The van der Waals surface area contributed by atoms with Gasteiger partial charge in [-0.1, -0.05) is 17.7 Å². The van der Waals surface area contributed by atoms with E-state index in [2.05, 4.69) is 15.9 Å². The van der Waals surface area contributed by atoms with E-state index >= 15 is 0 Å². The lowest BCUT2D eigenvalue weighted by Crippen LogP contribution is -2.20. The van der Waals surface area contributed by atoms with E-state index < -0.39 is 11.9 Å². The van der Waals surface area contributed by atoms with Crippen LogP contribution in [0.4, 0.5) is 4.39 Å².